The second kappa shape index (κ2) is 5.49. The van der Waals surface area contributed by atoms with Crippen molar-refractivity contribution in [1.82, 2.24) is 14.5 Å². The van der Waals surface area contributed by atoms with Crippen molar-refractivity contribution in [2.24, 2.45) is 0 Å². The Morgan fingerprint density at radius 2 is 2.10 bits per heavy atom. The van der Waals surface area contributed by atoms with Crippen molar-refractivity contribution in [2.45, 2.75) is 32.6 Å². The summed E-state index contributed by atoms with van der Waals surface area (Å²) in [4.78, 5) is 9.23. The minimum Gasteiger partial charge on any atom is -0.279 e. The van der Waals surface area contributed by atoms with Crippen LogP contribution in [0.2, 0.25) is 0 Å². The third-order valence-electron chi connectivity index (χ3n) is 3.71. The van der Waals surface area contributed by atoms with Gasteiger partial charge < -0.3 is 0 Å². The lowest BCUT2D eigenvalue weighted by molar-refractivity contribution is 0.875. The Balaban J connectivity index is 2.33. The molecule has 4 heteroatoms. The highest BCUT2D eigenvalue weighted by Gasteiger charge is 2.18. The Morgan fingerprint density at radius 3 is 2.81 bits per heavy atom. The third kappa shape index (κ3) is 2.42. The number of rotatable bonds is 3. The van der Waals surface area contributed by atoms with Crippen molar-refractivity contribution < 1.29 is 0 Å². The molecule has 0 spiro atoms. The normalized spacial score (nSPS) is 12.8. The van der Waals surface area contributed by atoms with Gasteiger partial charge >= 0.3 is 0 Å². The number of pyridine rings is 1. The monoisotopic (exact) mass is 299 g/mol. The van der Waals surface area contributed by atoms with Crippen LogP contribution in [0.5, 0.6) is 0 Å². The second-order valence-electron chi connectivity index (χ2n) is 5.24. The van der Waals surface area contributed by atoms with Gasteiger partial charge in [-0.1, -0.05) is 19.1 Å². The first-order valence-electron chi connectivity index (χ1n) is 7.19. The first kappa shape index (κ1) is 14.1. The van der Waals surface area contributed by atoms with Crippen LogP contribution < -0.4 is 0 Å². The van der Waals surface area contributed by atoms with E-state index in [1.165, 1.54) is 5.56 Å². The van der Waals surface area contributed by atoms with Gasteiger partial charge in [0, 0.05) is 11.9 Å². The van der Waals surface area contributed by atoms with Crippen molar-refractivity contribution in [3.05, 3.63) is 53.5 Å². The number of benzene rings is 1. The molecule has 108 valence electrons. The Bertz CT molecular complexity index is 790. The molecule has 0 saturated carbocycles. The Morgan fingerprint density at radius 1 is 1.29 bits per heavy atom. The lowest BCUT2D eigenvalue weighted by Gasteiger charge is -2.11. The molecule has 2 heterocycles. The van der Waals surface area contributed by atoms with E-state index in [1.54, 1.807) is 0 Å². The predicted octanol–water partition coefficient (Wildman–Crippen LogP) is 4.59. The summed E-state index contributed by atoms with van der Waals surface area (Å²) in [6.07, 6.45) is 2.82. The molecule has 0 amide bonds. The van der Waals surface area contributed by atoms with Crippen LogP contribution in [-0.2, 0) is 6.42 Å². The number of aryl methyl sites for hydroxylation is 2. The van der Waals surface area contributed by atoms with E-state index in [1.807, 2.05) is 26.1 Å². The molecule has 0 aliphatic carbocycles. The van der Waals surface area contributed by atoms with Crippen LogP contribution in [0.4, 0.5) is 0 Å². The fourth-order valence-corrected chi connectivity index (χ4v) is 2.69. The number of halogens is 1. The van der Waals surface area contributed by atoms with E-state index in [-0.39, 0.29) is 5.38 Å². The average Bonchev–Trinajstić information content (AvgIpc) is 2.88. The van der Waals surface area contributed by atoms with Crippen molar-refractivity contribution in [3.8, 4) is 5.69 Å². The van der Waals surface area contributed by atoms with Crippen LogP contribution >= 0.6 is 11.6 Å². The topological polar surface area (TPSA) is 30.7 Å². The highest BCUT2D eigenvalue weighted by molar-refractivity contribution is 6.20. The Hall–Kier alpha value is -1.87. The van der Waals surface area contributed by atoms with Crippen molar-refractivity contribution in [1.29, 1.82) is 0 Å². The molecule has 0 radical (unpaired) electrons. The first-order valence-corrected chi connectivity index (χ1v) is 7.62. The zero-order valence-corrected chi connectivity index (χ0v) is 13.2. The summed E-state index contributed by atoms with van der Waals surface area (Å²) in [6, 6.07) is 10.4. The predicted molar refractivity (Wildman–Crippen MR) is 87.2 cm³/mol. The Labute approximate surface area is 129 Å². The zero-order valence-electron chi connectivity index (χ0n) is 12.5. The van der Waals surface area contributed by atoms with Gasteiger partial charge in [0.2, 0.25) is 0 Å². The molecule has 0 bridgehead atoms. The van der Waals surface area contributed by atoms with Gasteiger partial charge in [0.05, 0.1) is 5.38 Å². The lowest BCUT2D eigenvalue weighted by atomic mass is 10.1. The first-order chi connectivity index (χ1) is 10.1. The summed E-state index contributed by atoms with van der Waals surface area (Å²) in [6.45, 7) is 6.14. The molecule has 3 rings (SSSR count). The zero-order chi connectivity index (χ0) is 15.0. The van der Waals surface area contributed by atoms with Gasteiger partial charge in [0.1, 0.15) is 11.3 Å². The van der Waals surface area contributed by atoms with Gasteiger partial charge in [-0.25, -0.2) is 9.97 Å². The number of hydrogen-bond donors (Lipinski definition) is 0. The molecule has 0 saturated heterocycles. The SMILES string of the molecule is CCc1cccc(-n2c(C(C)Cl)nc3c(C)ccnc32)c1. The third-order valence-corrected chi connectivity index (χ3v) is 3.90. The smallest absolute Gasteiger partial charge is 0.164 e. The minimum atomic E-state index is -0.177. The maximum atomic E-state index is 6.34. The van der Waals surface area contributed by atoms with Crippen molar-refractivity contribution >= 4 is 22.8 Å². The van der Waals surface area contributed by atoms with Gasteiger partial charge in [-0.15, -0.1) is 11.6 Å². The van der Waals surface area contributed by atoms with Gasteiger partial charge in [0.15, 0.2) is 5.65 Å². The molecule has 3 aromatic rings. The highest BCUT2D eigenvalue weighted by Crippen LogP contribution is 2.28. The van der Waals surface area contributed by atoms with Gasteiger partial charge in [0.25, 0.3) is 0 Å². The molecule has 2 aromatic heterocycles. The number of fused-ring (bicyclic) bond motifs is 1. The summed E-state index contributed by atoms with van der Waals surface area (Å²) in [5.74, 6) is 0.835. The molecule has 0 fully saturated rings. The molecule has 1 unspecified atom stereocenters. The minimum absolute atomic E-state index is 0.177. The molecule has 0 aliphatic heterocycles. The fraction of sp³-hybridized carbons (Fsp3) is 0.294. The van der Waals surface area contributed by atoms with Crippen molar-refractivity contribution in [2.75, 3.05) is 0 Å². The summed E-state index contributed by atoms with van der Waals surface area (Å²) in [5.41, 5.74) is 5.25. The molecule has 3 nitrogen and oxygen atoms in total. The van der Waals surface area contributed by atoms with Crippen LogP contribution in [0.3, 0.4) is 0 Å². The van der Waals surface area contributed by atoms with Gasteiger partial charge in [-0.2, -0.15) is 0 Å². The quantitative estimate of drug-likeness (QED) is 0.662. The summed E-state index contributed by atoms with van der Waals surface area (Å²) in [7, 11) is 0. The van der Waals surface area contributed by atoms with Crippen LogP contribution in [0.1, 0.15) is 36.2 Å². The number of hydrogen-bond acceptors (Lipinski definition) is 2. The molecule has 1 aromatic carbocycles. The molecule has 21 heavy (non-hydrogen) atoms. The highest BCUT2D eigenvalue weighted by atomic mass is 35.5. The molecule has 0 aliphatic rings. The van der Waals surface area contributed by atoms with E-state index in [0.717, 1.165) is 34.7 Å². The molecular weight excluding hydrogens is 282 g/mol. The largest absolute Gasteiger partial charge is 0.279 e. The van der Waals surface area contributed by atoms with E-state index in [2.05, 4.69) is 40.7 Å². The van der Waals surface area contributed by atoms with E-state index in [4.69, 9.17) is 16.6 Å². The average molecular weight is 300 g/mol. The number of imidazole rings is 1. The van der Waals surface area contributed by atoms with Crippen LogP contribution in [0, 0.1) is 6.92 Å². The molecule has 1 atom stereocenters. The van der Waals surface area contributed by atoms with Gasteiger partial charge in [-0.05, 0) is 49.6 Å². The maximum absolute atomic E-state index is 6.34. The van der Waals surface area contributed by atoms with E-state index < -0.39 is 0 Å². The maximum Gasteiger partial charge on any atom is 0.164 e. The van der Waals surface area contributed by atoms with E-state index in [9.17, 15) is 0 Å². The van der Waals surface area contributed by atoms with Crippen LogP contribution in [-0.4, -0.2) is 14.5 Å². The summed E-state index contributed by atoms with van der Waals surface area (Å²) >= 11 is 6.34. The van der Waals surface area contributed by atoms with E-state index in [0.29, 0.717) is 0 Å². The summed E-state index contributed by atoms with van der Waals surface area (Å²) < 4.78 is 2.07. The van der Waals surface area contributed by atoms with Crippen LogP contribution in [0.15, 0.2) is 36.5 Å². The molecule has 0 N–H and O–H groups in total. The Kier molecular flexibility index (Phi) is 3.68. The fourth-order valence-electron chi connectivity index (χ4n) is 2.55. The van der Waals surface area contributed by atoms with Crippen LogP contribution in [0.25, 0.3) is 16.9 Å². The standard InChI is InChI=1S/C17H18ClN3/c1-4-13-6-5-7-14(10-13)21-16(12(3)18)20-15-11(2)8-9-19-17(15)21/h5-10,12H,4H2,1-3H3. The number of aromatic nitrogens is 3. The van der Waals surface area contributed by atoms with Crippen molar-refractivity contribution in [3.63, 3.8) is 0 Å². The number of nitrogens with zero attached hydrogens (tertiary/aromatic N) is 3. The van der Waals surface area contributed by atoms with Gasteiger partial charge in [-0.3, -0.25) is 4.57 Å². The lowest BCUT2D eigenvalue weighted by Crippen LogP contribution is -2.03. The van der Waals surface area contributed by atoms with E-state index >= 15 is 0 Å². The molecular formula is C17H18ClN3. The summed E-state index contributed by atoms with van der Waals surface area (Å²) in [5, 5.41) is -0.177. The second-order valence-corrected chi connectivity index (χ2v) is 5.90. The number of alkyl halides is 1.